The van der Waals surface area contributed by atoms with Gasteiger partial charge in [-0.1, -0.05) is 6.07 Å². The van der Waals surface area contributed by atoms with Crippen molar-refractivity contribution in [3.63, 3.8) is 0 Å². The van der Waals surface area contributed by atoms with E-state index >= 15 is 0 Å². The second-order valence-electron chi connectivity index (χ2n) is 7.63. The smallest absolute Gasteiger partial charge is 0.243 e. The van der Waals surface area contributed by atoms with Gasteiger partial charge in [0.25, 0.3) is 0 Å². The third-order valence-electron chi connectivity index (χ3n) is 5.40. The maximum atomic E-state index is 12.4. The monoisotopic (exact) mass is 425 g/mol. The van der Waals surface area contributed by atoms with E-state index in [9.17, 15) is 9.59 Å². The topological polar surface area (TPSA) is 80.3 Å². The van der Waals surface area contributed by atoms with Crippen LogP contribution in [0.4, 0.5) is 11.4 Å². The average Bonchev–Trinajstić information content (AvgIpc) is 3.26. The van der Waals surface area contributed by atoms with Gasteiger partial charge < -0.3 is 29.3 Å². The van der Waals surface area contributed by atoms with Gasteiger partial charge in [-0.3, -0.25) is 9.59 Å². The number of ether oxygens (including phenoxy) is 3. The first-order chi connectivity index (χ1) is 15.1. The number of morpholine rings is 1. The summed E-state index contributed by atoms with van der Waals surface area (Å²) >= 11 is 0. The zero-order valence-corrected chi connectivity index (χ0v) is 17.6. The Morgan fingerprint density at radius 1 is 1.03 bits per heavy atom. The van der Waals surface area contributed by atoms with Crippen LogP contribution >= 0.6 is 0 Å². The summed E-state index contributed by atoms with van der Waals surface area (Å²) in [6.07, 6.45) is 0.891. The van der Waals surface area contributed by atoms with E-state index in [1.807, 2.05) is 42.5 Å². The van der Waals surface area contributed by atoms with Gasteiger partial charge in [0.05, 0.1) is 19.8 Å². The highest BCUT2D eigenvalue weighted by molar-refractivity contribution is 5.94. The third-order valence-corrected chi connectivity index (χ3v) is 5.40. The number of amides is 2. The van der Waals surface area contributed by atoms with Crippen molar-refractivity contribution in [2.75, 3.05) is 56.9 Å². The second-order valence-corrected chi connectivity index (χ2v) is 7.63. The Morgan fingerprint density at radius 2 is 1.77 bits per heavy atom. The molecule has 0 unspecified atom stereocenters. The van der Waals surface area contributed by atoms with E-state index < -0.39 is 0 Å². The fraction of sp³-hybridized carbons (Fsp3) is 0.391. The first kappa shape index (κ1) is 21.0. The summed E-state index contributed by atoms with van der Waals surface area (Å²) in [5, 5.41) is 2.85. The number of nitrogens with one attached hydrogen (secondary N) is 1. The lowest BCUT2D eigenvalue weighted by Crippen LogP contribution is -2.36. The van der Waals surface area contributed by atoms with Gasteiger partial charge in [0, 0.05) is 37.9 Å². The highest BCUT2D eigenvalue weighted by Crippen LogP contribution is 2.32. The molecule has 0 saturated carbocycles. The molecule has 0 aliphatic carbocycles. The molecular formula is C23H27N3O5. The van der Waals surface area contributed by atoms with Gasteiger partial charge in [-0.2, -0.15) is 0 Å². The maximum absolute atomic E-state index is 12.4. The molecule has 2 amide bonds. The van der Waals surface area contributed by atoms with E-state index in [0.717, 1.165) is 43.3 Å². The van der Waals surface area contributed by atoms with E-state index in [1.54, 1.807) is 7.05 Å². The summed E-state index contributed by atoms with van der Waals surface area (Å²) in [6.45, 7) is 3.42. The van der Waals surface area contributed by atoms with Crippen LogP contribution in [0.2, 0.25) is 0 Å². The first-order valence-corrected chi connectivity index (χ1v) is 10.4. The summed E-state index contributed by atoms with van der Waals surface area (Å²) in [5.41, 5.74) is 2.82. The van der Waals surface area contributed by atoms with Gasteiger partial charge >= 0.3 is 0 Å². The van der Waals surface area contributed by atoms with E-state index in [4.69, 9.17) is 14.2 Å². The SMILES string of the molecule is CN(CC(=O)Nc1ccc(N2CCOCC2)cc1)C(=O)CCc1ccc2c(c1)OCO2. The van der Waals surface area contributed by atoms with Crippen LogP contribution < -0.4 is 19.7 Å². The zero-order chi connectivity index (χ0) is 21.6. The first-order valence-electron chi connectivity index (χ1n) is 10.4. The minimum Gasteiger partial charge on any atom is -0.454 e. The van der Waals surface area contributed by atoms with E-state index in [-0.39, 0.29) is 25.2 Å². The van der Waals surface area contributed by atoms with Crippen LogP contribution in [-0.2, 0) is 20.7 Å². The van der Waals surface area contributed by atoms with Crippen LogP contribution in [0, 0.1) is 0 Å². The highest BCUT2D eigenvalue weighted by Gasteiger charge is 2.16. The molecule has 8 heteroatoms. The standard InChI is InChI=1S/C23H27N3O5/c1-25(23(28)9-3-17-2-8-20-21(14-17)31-16-30-20)15-22(27)24-18-4-6-19(7-5-18)26-10-12-29-13-11-26/h2,4-8,14H,3,9-13,15-16H2,1H3,(H,24,27). The lowest BCUT2D eigenvalue weighted by Gasteiger charge is -2.28. The van der Waals surface area contributed by atoms with Gasteiger partial charge in [0.15, 0.2) is 11.5 Å². The van der Waals surface area contributed by atoms with E-state index in [2.05, 4.69) is 10.2 Å². The van der Waals surface area contributed by atoms with Crippen molar-refractivity contribution in [3.8, 4) is 11.5 Å². The van der Waals surface area contributed by atoms with Crippen molar-refractivity contribution >= 4 is 23.2 Å². The molecule has 31 heavy (non-hydrogen) atoms. The number of hydrogen-bond donors (Lipinski definition) is 1. The Labute approximate surface area is 181 Å². The minimum atomic E-state index is -0.224. The quantitative estimate of drug-likeness (QED) is 0.733. The molecule has 0 spiro atoms. The van der Waals surface area contributed by atoms with Gasteiger partial charge in [-0.25, -0.2) is 0 Å². The van der Waals surface area contributed by atoms with Gasteiger partial charge in [-0.05, 0) is 48.4 Å². The van der Waals surface area contributed by atoms with Crippen molar-refractivity contribution in [2.24, 2.45) is 0 Å². The van der Waals surface area contributed by atoms with Crippen LogP contribution in [0.1, 0.15) is 12.0 Å². The predicted molar refractivity (Wildman–Crippen MR) is 117 cm³/mol. The van der Waals surface area contributed by atoms with Gasteiger partial charge in [-0.15, -0.1) is 0 Å². The molecule has 4 rings (SSSR count). The van der Waals surface area contributed by atoms with Crippen molar-refractivity contribution in [3.05, 3.63) is 48.0 Å². The van der Waals surface area contributed by atoms with Crippen LogP contribution in [-0.4, -0.2) is 63.4 Å². The largest absolute Gasteiger partial charge is 0.454 e. The van der Waals surface area contributed by atoms with Crippen LogP contribution in [0.25, 0.3) is 0 Å². The van der Waals surface area contributed by atoms with Crippen molar-refractivity contribution < 1.29 is 23.8 Å². The summed E-state index contributed by atoms with van der Waals surface area (Å²) < 4.78 is 16.0. The lowest BCUT2D eigenvalue weighted by molar-refractivity contribution is -0.133. The zero-order valence-electron chi connectivity index (χ0n) is 17.6. The number of nitrogens with zero attached hydrogens (tertiary/aromatic N) is 2. The lowest BCUT2D eigenvalue weighted by atomic mass is 10.1. The molecule has 1 fully saturated rings. The summed E-state index contributed by atoms with van der Waals surface area (Å²) in [6, 6.07) is 13.4. The van der Waals surface area contributed by atoms with Gasteiger partial charge in [0.2, 0.25) is 18.6 Å². The Hall–Kier alpha value is -3.26. The summed E-state index contributed by atoms with van der Waals surface area (Å²) in [4.78, 5) is 28.5. The molecule has 8 nitrogen and oxygen atoms in total. The molecule has 2 aromatic rings. The number of carbonyl (C=O) groups is 2. The van der Waals surface area contributed by atoms with Crippen LogP contribution in [0.15, 0.2) is 42.5 Å². The summed E-state index contributed by atoms with van der Waals surface area (Å²) in [5.74, 6) is 1.12. The molecule has 0 atom stereocenters. The molecule has 2 heterocycles. The predicted octanol–water partition coefficient (Wildman–Crippen LogP) is 2.28. The molecule has 2 aromatic carbocycles. The Morgan fingerprint density at radius 3 is 2.55 bits per heavy atom. The van der Waals surface area contributed by atoms with Gasteiger partial charge in [0.1, 0.15) is 0 Å². The maximum Gasteiger partial charge on any atom is 0.243 e. The Balaban J connectivity index is 1.22. The third kappa shape index (κ3) is 5.46. The van der Waals surface area contributed by atoms with E-state index in [1.165, 1.54) is 4.90 Å². The number of likely N-dealkylation sites (N-methyl/N-ethyl adjacent to an activating group) is 1. The van der Waals surface area contributed by atoms with Crippen molar-refractivity contribution in [1.82, 2.24) is 4.90 Å². The number of fused-ring (bicyclic) bond motifs is 1. The fourth-order valence-corrected chi connectivity index (χ4v) is 3.62. The molecule has 2 aliphatic rings. The second kappa shape index (κ2) is 9.70. The minimum absolute atomic E-state index is 0.00515. The Kier molecular flexibility index (Phi) is 6.57. The van der Waals surface area contributed by atoms with Crippen molar-refractivity contribution in [2.45, 2.75) is 12.8 Å². The average molecular weight is 425 g/mol. The molecular weight excluding hydrogens is 398 g/mol. The molecule has 2 aliphatic heterocycles. The van der Waals surface area contributed by atoms with Crippen molar-refractivity contribution in [1.29, 1.82) is 0 Å². The molecule has 0 radical (unpaired) electrons. The Bertz CT molecular complexity index is 925. The molecule has 164 valence electrons. The number of rotatable bonds is 7. The fourth-order valence-electron chi connectivity index (χ4n) is 3.62. The van der Waals surface area contributed by atoms with Crippen LogP contribution in [0.3, 0.4) is 0 Å². The normalized spacial score (nSPS) is 14.9. The molecule has 1 N–H and O–H groups in total. The number of carbonyl (C=O) groups excluding carboxylic acids is 2. The molecule has 0 bridgehead atoms. The molecule has 1 saturated heterocycles. The molecule has 0 aromatic heterocycles. The number of anilines is 2. The number of benzene rings is 2. The number of aryl methyl sites for hydroxylation is 1. The summed E-state index contributed by atoms with van der Waals surface area (Å²) in [7, 11) is 1.64. The van der Waals surface area contributed by atoms with E-state index in [0.29, 0.717) is 24.3 Å². The number of hydrogen-bond acceptors (Lipinski definition) is 6. The highest BCUT2D eigenvalue weighted by atomic mass is 16.7. The van der Waals surface area contributed by atoms with Crippen LogP contribution in [0.5, 0.6) is 11.5 Å².